The molecular formula is C9H7BrClNO. The Balaban J connectivity index is 2.85. The molecule has 1 N–H and O–H groups in total. The van der Waals surface area contributed by atoms with E-state index in [0.717, 1.165) is 21.1 Å². The van der Waals surface area contributed by atoms with E-state index in [0.29, 0.717) is 5.02 Å². The summed E-state index contributed by atoms with van der Waals surface area (Å²) in [6, 6.07) is 3.86. The molecule has 2 rings (SSSR count). The van der Waals surface area contributed by atoms with E-state index in [-0.39, 0.29) is 0 Å². The van der Waals surface area contributed by atoms with Crippen molar-refractivity contribution in [2.45, 2.75) is 0 Å². The van der Waals surface area contributed by atoms with Gasteiger partial charge in [-0.05, 0) is 28.1 Å². The third-order valence-electron chi connectivity index (χ3n) is 1.91. The fourth-order valence-electron chi connectivity index (χ4n) is 1.31. The average molecular weight is 261 g/mol. The maximum atomic E-state index is 5.95. The van der Waals surface area contributed by atoms with Gasteiger partial charge in [0, 0.05) is 11.6 Å². The Bertz CT molecular complexity index is 452. The van der Waals surface area contributed by atoms with E-state index in [1.54, 1.807) is 13.3 Å². The lowest BCUT2D eigenvalue weighted by molar-refractivity contribution is 0.416. The number of hydrogen-bond acceptors (Lipinski definition) is 1. The number of aromatic amines is 1. The predicted octanol–water partition coefficient (Wildman–Crippen LogP) is 3.59. The Kier molecular flexibility index (Phi) is 2.22. The standard InChI is InChI=1S/C9H7BrClNO/c1-13-9-6(10)3-2-5-7(11)4-12-8(5)9/h2-4,12H,1H3. The van der Waals surface area contributed by atoms with E-state index in [2.05, 4.69) is 20.9 Å². The highest BCUT2D eigenvalue weighted by atomic mass is 79.9. The minimum Gasteiger partial charge on any atom is -0.493 e. The highest BCUT2D eigenvalue weighted by Gasteiger charge is 2.09. The number of nitrogens with one attached hydrogen (secondary N) is 1. The first-order chi connectivity index (χ1) is 6.24. The number of H-pyrrole nitrogens is 1. The molecule has 0 saturated heterocycles. The van der Waals surface area contributed by atoms with Gasteiger partial charge < -0.3 is 9.72 Å². The lowest BCUT2D eigenvalue weighted by Crippen LogP contribution is -1.85. The molecule has 0 spiro atoms. The van der Waals surface area contributed by atoms with Gasteiger partial charge in [0.2, 0.25) is 0 Å². The van der Waals surface area contributed by atoms with Crippen molar-refractivity contribution < 1.29 is 4.74 Å². The third kappa shape index (κ3) is 1.32. The van der Waals surface area contributed by atoms with Crippen LogP contribution in [0.4, 0.5) is 0 Å². The molecule has 1 aromatic heterocycles. The number of methoxy groups -OCH3 is 1. The van der Waals surface area contributed by atoms with Crippen LogP contribution in [-0.2, 0) is 0 Å². The largest absolute Gasteiger partial charge is 0.493 e. The molecule has 0 saturated carbocycles. The molecule has 0 bridgehead atoms. The van der Waals surface area contributed by atoms with Crippen LogP contribution in [0.1, 0.15) is 0 Å². The van der Waals surface area contributed by atoms with Crippen molar-refractivity contribution in [1.82, 2.24) is 4.98 Å². The van der Waals surface area contributed by atoms with Crippen molar-refractivity contribution in [2.75, 3.05) is 7.11 Å². The van der Waals surface area contributed by atoms with Crippen LogP contribution in [0.25, 0.3) is 10.9 Å². The van der Waals surface area contributed by atoms with Gasteiger partial charge in [0.15, 0.2) is 5.75 Å². The maximum absolute atomic E-state index is 5.95. The monoisotopic (exact) mass is 259 g/mol. The van der Waals surface area contributed by atoms with Gasteiger partial charge in [-0.15, -0.1) is 0 Å². The number of aromatic nitrogens is 1. The molecule has 0 unspecified atom stereocenters. The minimum atomic E-state index is 0.709. The number of rotatable bonds is 1. The Morgan fingerprint density at radius 3 is 2.92 bits per heavy atom. The Hall–Kier alpha value is -0.670. The van der Waals surface area contributed by atoms with Gasteiger partial charge in [-0.1, -0.05) is 11.6 Å². The summed E-state index contributed by atoms with van der Waals surface area (Å²) in [6.07, 6.45) is 1.75. The number of hydrogen-bond donors (Lipinski definition) is 1. The molecule has 0 aliphatic carbocycles. The Morgan fingerprint density at radius 1 is 1.46 bits per heavy atom. The molecule has 68 valence electrons. The second-order valence-electron chi connectivity index (χ2n) is 2.64. The van der Waals surface area contributed by atoms with E-state index in [9.17, 15) is 0 Å². The first-order valence-corrected chi connectivity index (χ1v) is 4.90. The first kappa shape index (κ1) is 8.91. The zero-order chi connectivity index (χ0) is 9.42. The average Bonchev–Trinajstić information content (AvgIpc) is 2.48. The fourth-order valence-corrected chi connectivity index (χ4v) is 2.02. The second-order valence-corrected chi connectivity index (χ2v) is 3.90. The number of ether oxygens (including phenoxy) is 1. The van der Waals surface area contributed by atoms with Crippen LogP contribution in [0.2, 0.25) is 5.02 Å². The number of halogens is 2. The number of benzene rings is 1. The van der Waals surface area contributed by atoms with Crippen LogP contribution in [0.15, 0.2) is 22.8 Å². The van der Waals surface area contributed by atoms with Crippen LogP contribution in [0.3, 0.4) is 0 Å². The summed E-state index contributed by atoms with van der Waals surface area (Å²) in [4.78, 5) is 3.06. The lowest BCUT2D eigenvalue weighted by atomic mass is 10.2. The third-order valence-corrected chi connectivity index (χ3v) is 2.85. The second kappa shape index (κ2) is 3.24. The van der Waals surface area contributed by atoms with Gasteiger partial charge in [-0.2, -0.15) is 0 Å². The van der Waals surface area contributed by atoms with E-state index in [4.69, 9.17) is 16.3 Å². The van der Waals surface area contributed by atoms with Gasteiger partial charge in [0.1, 0.15) is 0 Å². The van der Waals surface area contributed by atoms with E-state index in [1.165, 1.54) is 0 Å². The van der Waals surface area contributed by atoms with Crippen LogP contribution in [0, 0.1) is 0 Å². The topological polar surface area (TPSA) is 25.0 Å². The summed E-state index contributed by atoms with van der Waals surface area (Å²) in [7, 11) is 1.63. The summed E-state index contributed by atoms with van der Waals surface area (Å²) in [5, 5.41) is 1.68. The van der Waals surface area contributed by atoms with Crippen molar-refractivity contribution >= 4 is 38.4 Å². The molecule has 13 heavy (non-hydrogen) atoms. The van der Waals surface area contributed by atoms with Gasteiger partial charge in [-0.3, -0.25) is 0 Å². The smallest absolute Gasteiger partial charge is 0.157 e. The van der Waals surface area contributed by atoms with Crippen molar-refractivity contribution in [3.8, 4) is 5.75 Å². The molecule has 4 heteroatoms. The van der Waals surface area contributed by atoms with Crippen molar-refractivity contribution in [3.63, 3.8) is 0 Å². The zero-order valence-corrected chi connectivity index (χ0v) is 9.24. The number of fused-ring (bicyclic) bond motifs is 1. The van der Waals surface area contributed by atoms with Gasteiger partial charge >= 0.3 is 0 Å². The van der Waals surface area contributed by atoms with Gasteiger partial charge in [0.05, 0.1) is 22.1 Å². The molecule has 1 heterocycles. The van der Waals surface area contributed by atoms with E-state index >= 15 is 0 Å². The predicted molar refractivity (Wildman–Crippen MR) is 57.6 cm³/mol. The normalized spacial score (nSPS) is 10.7. The molecule has 2 aromatic rings. The van der Waals surface area contributed by atoms with E-state index in [1.807, 2.05) is 12.1 Å². The molecule has 0 aliphatic heterocycles. The van der Waals surface area contributed by atoms with Gasteiger partial charge in [0.25, 0.3) is 0 Å². The maximum Gasteiger partial charge on any atom is 0.157 e. The minimum absolute atomic E-state index is 0.709. The summed E-state index contributed by atoms with van der Waals surface area (Å²) in [6.45, 7) is 0. The van der Waals surface area contributed by atoms with Crippen LogP contribution < -0.4 is 4.74 Å². The quantitative estimate of drug-likeness (QED) is 0.833. The fraction of sp³-hybridized carbons (Fsp3) is 0.111. The molecule has 0 amide bonds. The molecule has 0 aliphatic rings. The molecule has 0 atom stereocenters. The molecular weight excluding hydrogens is 253 g/mol. The molecule has 2 nitrogen and oxygen atoms in total. The summed E-state index contributed by atoms with van der Waals surface area (Å²) < 4.78 is 6.15. The summed E-state index contributed by atoms with van der Waals surface area (Å²) >= 11 is 9.35. The van der Waals surface area contributed by atoms with Crippen LogP contribution in [0.5, 0.6) is 5.75 Å². The van der Waals surface area contributed by atoms with Crippen molar-refractivity contribution in [1.29, 1.82) is 0 Å². The Labute approximate surface area is 89.0 Å². The van der Waals surface area contributed by atoms with Crippen molar-refractivity contribution in [2.24, 2.45) is 0 Å². The summed E-state index contributed by atoms with van der Waals surface area (Å²) in [5.74, 6) is 0.782. The lowest BCUT2D eigenvalue weighted by Gasteiger charge is -2.03. The Morgan fingerprint density at radius 2 is 2.23 bits per heavy atom. The zero-order valence-electron chi connectivity index (χ0n) is 6.90. The van der Waals surface area contributed by atoms with Gasteiger partial charge in [-0.25, -0.2) is 0 Å². The van der Waals surface area contributed by atoms with Crippen LogP contribution >= 0.6 is 27.5 Å². The highest BCUT2D eigenvalue weighted by Crippen LogP contribution is 2.35. The van der Waals surface area contributed by atoms with E-state index < -0.39 is 0 Å². The van der Waals surface area contributed by atoms with Crippen LogP contribution in [-0.4, -0.2) is 12.1 Å². The molecule has 0 radical (unpaired) electrons. The summed E-state index contributed by atoms with van der Waals surface area (Å²) in [5.41, 5.74) is 0.918. The molecule has 1 aromatic carbocycles. The van der Waals surface area contributed by atoms with Crippen molar-refractivity contribution in [3.05, 3.63) is 27.8 Å². The molecule has 0 fully saturated rings. The SMILES string of the molecule is COc1c(Br)ccc2c(Cl)c[nH]c12. The highest BCUT2D eigenvalue weighted by molar-refractivity contribution is 9.10. The first-order valence-electron chi connectivity index (χ1n) is 3.73.